The van der Waals surface area contributed by atoms with Crippen molar-refractivity contribution in [3.05, 3.63) is 71.0 Å². The van der Waals surface area contributed by atoms with E-state index in [2.05, 4.69) is 4.74 Å². The number of benzene rings is 2. The Hall–Kier alpha value is -3.88. The van der Waals surface area contributed by atoms with E-state index in [1.165, 1.54) is 33.3 Å². The first-order valence-electron chi connectivity index (χ1n) is 10.8. The van der Waals surface area contributed by atoms with Gasteiger partial charge in [0.25, 0.3) is 0 Å². The second-order valence-electron chi connectivity index (χ2n) is 7.86. The average molecular weight is 487 g/mol. The van der Waals surface area contributed by atoms with Gasteiger partial charge in [0.15, 0.2) is 17.6 Å². The summed E-state index contributed by atoms with van der Waals surface area (Å²) in [5.41, 5.74) is 3.14. The van der Waals surface area contributed by atoms with Crippen LogP contribution < -0.4 is 14.2 Å². The van der Waals surface area contributed by atoms with Gasteiger partial charge in [0.2, 0.25) is 5.78 Å². The summed E-state index contributed by atoms with van der Waals surface area (Å²) in [6.07, 6.45) is -1.04. The largest absolute Gasteiger partial charge is 0.493 e. The van der Waals surface area contributed by atoms with E-state index in [9.17, 15) is 18.4 Å². The number of hydrogen-bond donors (Lipinski definition) is 0. The Morgan fingerprint density at radius 2 is 1.60 bits per heavy atom. The Balaban J connectivity index is 1.72. The molecule has 3 rings (SSSR count). The highest BCUT2D eigenvalue weighted by Crippen LogP contribution is 2.28. The molecule has 0 radical (unpaired) electrons. The molecule has 0 fully saturated rings. The summed E-state index contributed by atoms with van der Waals surface area (Å²) in [5, 5.41) is 0. The van der Waals surface area contributed by atoms with Crippen molar-refractivity contribution in [1.82, 2.24) is 4.57 Å². The van der Waals surface area contributed by atoms with Gasteiger partial charge in [-0.25, -0.2) is 0 Å². The molecule has 0 aliphatic carbocycles. The van der Waals surface area contributed by atoms with E-state index in [4.69, 9.17) is 14.2 Å². The van der Waals surface area contributed by atoms with Crippen LogP contribution in [0.2, 0.25) is 0 Å². The number of carbonyl (C=O) groups excluding carboxylic acids is 2. The van der Waals surface area contributed by atoms with Gasteiger partial charge in [-0.05, 0) is 68.8 Å². The molecule has 1 heterocycles. The van der Waals surface area contributed by atoms with Crippen LogP contribution in [0, 0.1) is 13.8 Å². The third-order valence-corrected chi connectivity index (χ3v) is 5.49. The highest BCUT2D eigenvalue weighted by Gasteiger charge is 2.24. The average Bonchev–Trinajstić information content (AvgIpc) is 3.12. The molecule has 35 heavy (non-hydrogen) atoms. The Morgan fingerprint density at radius 3 is 2.20 bits per heavy atom. The van der Waals surface area contributed by atoms with Gasteiger partial charge in [-0.1, -0.05) is 6.07 Å². The Kier molecular flexibility index (Phi) is 8.11. The van der Waals surface area contributed by atoms with Crippen LogP contribution in [-0.4, -0.2) is 43.3 Å². The molecule has 1 atom stereocenters. The van der Waals surface area contributed by atoms with Gasteiger partial charge in [0, 0.05) is 22.6 Å². The summed E-state index contributed by atoms with van der Waals surface area (Å²) in [7, 11) is 3.02. The topological polar surface area (TPSA) is 76.0 Å². The minimum atomic E-state index is -2.91. The third kappa shape index (κ3) is 5.98. The highest BCUT2D eigenvalue weighted by molar-refractivity contribution is 6.01. The zero-order valence-electron chi connectivity index (χ0n) is 20.1. The molecule has 3 aromatic rings. The molecule has 2 aromatic carbocycles. The van der Waals surface area contributed by atoms with Crippen LogP contribution in [-0.2, 0) is 16.0 Å². The standard InChI is InChI=1S/C26H27F2NO6/c1-15-12-21(16(2)29(15)19-7-9-20(10-8-19)35-26(27)28)25(31)17(3)34-24(30)14-18-6-11-22(32-4)23(13-18)33-5/h6-13,17,26H,14H2,1-5H3/t17-/m0/s1. The van der Waals surface area contributed by atoms with Gasteiger partial charge >= 0.3 is 12.6 Å². The second-order valence-corrected chi connectivity index (χ2v) is 7.86. The lowest BCUT2D eigenvalue weighted by Crippen LogP contribution is -2.25. The molecular weight excluding hydrogens is 460 g/mol. The van der Waals surface area contributed by atoms with E-state index in [0.29, 0.717) is 34.0 Å². The molecule has 0 spiro atoms. The number of hydrogen-bond acceptors (Lipinski definition) is 6. The Morgan fingerprint density at radius 1 is 0.943 bits per heavy atom. The second kappa shape index (κ2) is 11.0. The molecule has 0 amide bonds. The van der Waals surface area contributed by atoms with Gasteiger partial charge in [-0.2, -0.15) is 8.78 Å². The lowest BCUT2D eigenvalue weighted by Gasteiger charge is -2.14. The number of alkyl halides is 2. The minimum Gasteiger partial charge on any atom is -0.493 e. The maximum absolute atomic E-state index is 13.1. The summed E-state index contributed by atoms with van der Waals surface area (Å²) in [6, 6.07) is 12.9. The number of rotatable bonds is 10. The molecule has 0 saturated carbocycles. The zero-order valence-corrected chi connectivity index (χ0v) is 20.1. The smallest absolute Gasteiger partial charge is 0.387 e. The monoisotopic (exact) mass is 487 g/mol. The molecule has 186 valence electrons. The Bertz CT molecular complexity index is 1200. The number of methoxy groups -OCH3 is 2. The number of halogens is 2. The summed E-state index contributed by atoms with van der Waals surface area (Å²) in [5.74, 6) is 0.171. The molecular formula is C26H27F2NO6. The van der Waals surface area contributed by atoms with Crippen LogP contribution in [0.3, 0.4) is 0 Å². The van der Waals surface area contributed by atoms with Gasteiger partial charge < -0.3 is 23.5 Å². The molecule has 7 nitrogen and oxygen atoms in total. The van der Waals surface area contributed by atoms with Crippen LogP contribution in [0.25, 0.3) is 5.69 Å². The maximum Gasteiger partial charge on any atom is 0.387 e. The normalized spacial score (nSPS) is 11.8. The SMILES string of the molecule is COc1ccc(CC(=O)O[C@@H](C)C(=O)c2cc(C)n(-c3ccc(OC(F)F)cc3)c2C)cc1OC. The van der Waals surface area contributed by atoms with Crippen LogP contribution in [0.4, 0.5) is 8.78 Å². The highest BCUT2D eigenvalue weighted by atomic mass is 19.3. The number of carbonyl (C=O) groups is 2. The van der Waals surface area contributed by atoms with Crippen LogP contribution in [0.15, 0.2) is 48.5 Å². The first-order valence-corrected chi connectivity index (χ1v) is 10.8. The molecule has 9 heteroatoms. The predicted octanol–water partition coefficient (Wildman–Crippen LogP) is 5.07. The minimum absolute atomic E-state index is 0.0377. The number of Topliss-reactive ketones (excluding diaryl/α,β-unsaturated/α-hetero) is 1. The van der Waals surface area contributed by atoms with E-state index in [1.54, 1.807) is 43.3 Å². The fourth-order valence-corrected chi connectivity index (χ4v) is 3.85. The summed E-state index contributed by atoms with van der Waals surface area (Å²) in [4.78, 5) is 25.6. The number of aromatic nitrogens is 1. The van der Waals surface area contributed by atoms with Crippen molar-refractivity contribution in [3.8, 4) is 22.9 Å². The van der Waals surface area contributed by atoms with Gasteiger partial charge in [-0.3, -0.25) is 9.59 Å². The van der Waals surface area contributed by atoms with Crippen LogP contribution >= 0.6 is 0 Å². The molecule has 0 saturated heterocycles. The van der Waals surface area contributed by atoms with E-state index in [1.807, 2.05) is 11.5 Å². The van der Waals surface area contributed by atoms with Gasteiger partial charge in [-0.15, -0.1) is 0 Å². The summed E-state index contributed by atoms with van der Waals surface area (Å²) in [6.45, 7) is 2.21. The van der Waals surface area contributed by atoms with Crippen molar-refractivity contribution >= 4 is 11.8 Å². The summed E-state index contributed by atoms with van der Waals surface area (Å²) < 4.78 is 46.9. The molecule has 1 aromatic heterocycles. The van der Waals surface area contributed by atoms with Crippen LogP contribution in [0.1, 0.15) is 34.2 Å². The lowest BCUT2D eigenvalue weighted by atomic mass is 10.1. The first kappa shape index (κ1) is 25.7. The fraction of sp³-hybridized carbons (Fsp3) is 0.308. The number of ether oxygens (including phenoxy) is 4. The van der Waals surface area contributed by atoms with Crippen molar-refractivity contribution in [2.75, 3.05) is 14.2 Å². The van der Waals surface area contributed by atoms with E-state index >= 15 is 0 Å². The number of ketones is 1. The third-order valence-electron chi connectivity index (χ3n) is 5.49. The van der Waals surface area contributed by atoms with Crippen molar-refractivity contribution in [2.45, 2.75) is 39.9 Å². The number of nitrogens with zero attached hydrogens (tertiary/aromatic N) is 1. The number of aryl methyl sites for hydroxylation is 1. The van der Waals surface area contributed by atoms with Crippen molar-refractivity contribution in [3.63, 3.8) is 0 Å². The van der Waals surface area contributed by atoms with E-state index < -0.39 is 18.7 Å². The van der Waals surface area contributed by atoms with Crippen molar-refractivity contribution in [2.24, 2.45) is 0 Å². The molecule has 0 bridgehead atoms. The summed E-state index contributed by atoms with van der Waals surface area (Å²) >= 11 is 0. The molecule has 0 aliphatic heterocycles. The van der Waals surface area contributed by atoms with Gasteiger partial charge in [0.1, 0.15) is 5.75 Å². The predicted molar refractivity (Wildman–Crippen MR) is 125 cm³/mol. The fourth-order valence-electron chi connectivity index (χ4n) is 3.85. The molecule has 0 aliphatic rings. The van der Waals surface area contributed by atoms with Crippen molar-refractivity contribution < 1.29 is 37.3 Å². The maximum atomic E-state index is 13.1. The van der Waals surface area contributed by atoms with Crippen molar-refractivity contribution in [1.29, 1.82) is 0 Å². The zero-order chi connectivity index (χ0) is 25.7. The van der Waals surface area contributed by atoms with Gasteiger partial charge in [0.05, 0.1) is 20.6 Å². The molecule has 0 unspecified atom stereocenters. The van der Waals surface area contributed by atoms with E-state index in [-0.39, 0.29) is 18.0 Å². The first-order chi connectivity index (χ1) is 16.6. The molecule has 0 N–H and O–H groups in total. The lowest BCUT2D eigenvalue weighted by molar-refractivity contribution is -0.145. The van der Waals surface area contributed by atoms with E-state index in [0.717, 1.165) is 5.69 Å². The Labute approximate surface area is 202 Å². The quantitative estimate of drug-likeness (QED) is 0.294. The number of esters is 1. The van der Waals surface area contributed by atoms with Crippen LogP contribution in [0.5, 0.6) is 17.2 Å².